The fraction of sp³-hybridized carbons (Fsp3) is 0.229. The molecule has 0 unspecified atom stereocenters. The van der Waals surface area contributed by atoms with Crippen molar-refractivity contribution in [2.24, 2.45) is 0 Å². The van der Waals surface area contributed by atoms with E-state index in [-0.39, 0.29) is 5.82 Å². The molecule has 0 spiro atoms. The molecule has 0 aliphatic carbocycles. The maximum absolute atomic E-state index is 9.08. The summed E-state index contributed by atoms with van der Waals surface area (Å²) in [6.07, 6.45) is 8.05. The number of nitrogen functional groups attached to an aromatic ring is 1. The molecule has 1 aliphatic heterocycles. The highest BCUT2D eigenvalue weighted by Gasteiger charge is 2.21. The van der Waals surface area contributed by atoms with Gasteiger partial charge in [-0.25, -0.2) is 24.9 Å². The molecule has 6 heterocycles. The van der Waals surface area contributed by atoms with Crippen LogP contribution in [0.5, 0.6) is 0 Å². The minimum atomic E-state index is 0.181. The van der Waals surface area contributed by atoms with E-state index in [9.17, 15) is 0 Å². The van der Waals surface area contributed by atoms with Crippen molar-refractivity contribution in [3.8, 4) is 34.4 Å². The predicted octanol–water partition coefficient (Wildman–Crippen LogP) is 5.43. The lowest BCUT2D eigenvalue weighted by Crippen LogP contribution is -2.38. The number of fused-ring (bicyclic) bond motifs is 1. The third-order valence-electron chi connectivity index (χ3n) is 8.36. The third-order valence-corrected chi connectivity index (χ3v) is 8.36. The van der Waals surface area contributed by atoms with Crippen LogP contribution in [-0.4, -0.2) is 58.5 Å². The lowest BCUT2D eigenvalue weighted by Gasteiger charge is -2.32. The fourth-order valence-corrected chi connectivity index (χ4v) is 5.88. The van der Waals surface area contributed by atoms with E-state index in [0.717, 1.165) is 78.3 Å². The van der Waals surface area contributed by atoms with Gasteiger partial charge in [0.15, 0.2) is 11.5 Å². The van der Waals surface area contributed by atoms with Gasteiger partial charge in [-0.2, -0.15) is 5.26 Å². The van der Waals surface area contributed by atoms with Crippen molar-refractivity contribution in [3.05, 3.63) is 102 Å². The number of imidazole rings is 1. The number of rotatable bonds is 8. The minimum absolute atomic E-state index is 0.181. The number of nitrogens with one attached hydrogen (secondary N) is 1. The van der Waals surface area contributed by atoms with Gasteiger partial charge < -0.3 is 11.1 Å². The number of pyridine rings is 3. The fourth-order valence-electron chi connectivity index (χ4n) is 5.88. The molecule has 1 aromatic carbocycles. The summed E-state index contributed by atoms with van der Waals surface area (Å²) in [6.45, 7) is 4.88. The molecule has 0 saturated carbocycles. The number of nitrogens with zero attached hydrogens (tertiary/aromatic N) is 9. The first-order chi connectivity index (χ1) is 22.6. The molecule has 1 aliphatic rings. The summed E-state index contributed by atoms with van der Waals surface area (Å²) < 4.78 is 2.06. The SMILES string of the molecule is CCc1ccc(-c2ccc3nc(-c4cccnc4N)n(-c4ccc(CN5CCC(Nc6ccnc(C#N)n6)CC5)cc4)c3n2)cn1. The molecule has 1 saturated heterocycles. The van der Waals surface area contributed by atoms with Crippen LogP contribution in [0.4, 0.5) is 11.6 Å². The van der Waals surface area contributed by atoms with Crippen LogP contribution in [-0.2, 0) is 13.0 Å². The minimum Gasteiger partial charge on any atom is -0.383 e. The molecule has 3 N–H and O–H groups in total. The van der Waals surface area contributed by atoms with Gasteiger partial charge in [-0.15, -0.1) is 0 Å². The molecule has 1 fully saturated rings. The zero-order chi connectivity index (χ0) is 31.5. The zero-order valence-corrected chi connectivity index (χ0v) is 25.5. The number of hydrogen-bond donors (Lipinski definition) is 2. The lowest BCUT2D eigenvalue weighted by atomic mass is 10.0. The number of anilines is 2. The van der Waals surface area contributed by atoms with Gasteiger partial charge in [0.1, 0.15) is 23.2 Å². The number of aromatic nitrogens is 7. The van der Waals surface area contributed by atoms with E-state index >= 15 is 0 Å². The van der Waals surface area contributed by atoms with E-state index in [1.807, 2.05) is 48.7 Å². The van der Waals surface area contributed by atoms with Crippen molar-refractivity contribution in [1.29, 1.82) is 5.26 Å². The van der Waals surface area contributed by atoms with Crippen molar-refractivity contribution >= 4 is 22.8 Å². The van der Waals surface area contributed by atoms with Crippen LogP contribution < -0.4 is 11.1 Å². The van der Waals surface area contributed by atoms with Gasteiger partial charge in [0, 0.05) is 61.2 Å². The van der Waals surface area contributed by atoms with Gasteiger partial charge in [0.2, 0.25) is 5.82 Å². The molecule has 11 nitrogen and oxygen atoms in total. The Morgan fingerprint density at radius 3 is 2.50 bits per heavy atom. The summed E-state index contributed by atoms with van der Waals surface area (Å²) in [5.41, 5.74) is 13.6. The van der Waals surface area contributed by atoms with Crippen LogP contribution in [0.25, 0.3) is 39.5 Å². The topological polar surface area (TPSA) is 147 Å². The van der Waals surface area contributed by atoms with E-state index in [2.05, 4.69) is 72.0 Å². The number of aryl methyl sites for hydroxylation is 1. The van der Waals surface area contributed by atoms with E-state index in [1.54, 1.807) is 12.4 Å². The second-order valence-electron chi connectivity index (χ2n) is 11.4. The standard InChI is InChI=1S/C35H33N11/c1-2-25-8-7-24(21-40-25)29-11-12-30-35(42-29)46(34(43-30)28-4-3-16-39-33(28)37)27-9-5-23(6-10-27)22-45-18-14-26(15-19-45)41-31-13-17-38-32(20-36)44-31/h3-13,16-17,21,26H,2,14-15,18-19,22H2,1H3,(H2,37,39)(H,38,41,44). The average Bonchev–Trinajstić information content (AvgIpc) is 3.48. The molecular weight excluding hydrogens is 574 g/mol. The Bertz CT molecular complexity index is 2020. The third kappa shape index (κ3) is 5.98. The second-order valence-corrected chi connectivity index (χ2v) is 11.4. The van der Waals surface area contributed by atoms with Crippen molar-refractivity contribution in [2.75, 3.05) is 24.1 Å². The van der Waals surface area contributed by atoms with Gasteiger partial charge in [0.05, 0.1) is 11.3 Å². The molecular formula is C35H33N11. The van der Waals surface area contributed by atoms with Crippen molar-refractivity contribution in [2.45, 2.75) is 38.8 Å². The molecule has 0 radical (unpaired) electrons. The van der Waals surface area contributed by atoms with Gasteiger partial charge in [-0.1, -0.05) is 19.1 Å². The average molecular weight is 608 g/mol. The highest BCUT2D eigenvalue weighted by Crippen LogP contribution is 2.32. The van der Waals surface area contributed by atoms with Crippen LogP contribution in [0.15, 0.2) is 85.3 Å². The summed E-state index contributed by atoms with van der Waals surface area (Å²) in [7, 11) is 0. The van der Waals surface area contributed by atoms with Gasteiger partial charge in [-0.3, -0.25) is 14.5 Å². The summed E-state index contributed by atoms with van der Waals surface area (Å²) in [6, 6.07) is 24.6. The number of nitriles is 1. The Hall–Kier alpha value is -5.73. The summed E-state index contributed by atoms with van der Waals surface area (Å²) >= 11 is 0. The van der Waals surface area contributed by atoms with Crippen molar-refractivity contribution in [1.82, 2.24) is 39.4 Å². The van der Waals surface area contributed by atoms with Crippen LogP contribution in [0.3, 0.4) is 0 Å². The van der Waals surface area contributed by atoms with Crippen LogP contribution >= 0.6 is 0 Å². The predicted molar refractivity (Wildman–Crippen MR) is 178 cm³/mol. The Balaban J connectivity index is 1.13. The Kier molecular flexibility index (Phi) is 8.01. The number of nitrogens with two attached hydrogens (primary N) is 1. The molecule has 0 bridgehead atoms. The molecule has 0 atom stereocenters. The Labute approximate surface area is 266 Å². The largest absolute Gasteiger partial charge is 0.383 e. The first-order valence-corrected chi connectivity index (χ1v) is 15.4. The number of likely N-dealkylation sites (tertiary alicyclic amines) is 1. The van der Waals surface area contributed by atoms with Crippen LogP contribution in [0.2, 0.25) is 0 Å². The van der Waals surface area contributed by atoms with Crippen molar-refractivity contribution in [3.63, 3.8) is 0 Å². The van der Waals surface area contributed by atoms with Crippen LogP contribution in [0.1, 0.15) is 36.8 Å². The highest BCUT2D eigenvalue weighted by atomic mass is 15.2. The summed E-state index contributed by atoms with van der Waals surface area (Å²) in [5.74, 6) is 1.99. The molecule has 228 valence electrons. The van der Waals surface area contributed by atoms with Crippen LogP contribution in [0, 0.1) is 11.3 Å². The number of piperidine rings is 1. The lowest BCUT2D eigenvalue weighted by molar-refractivity contribution is 0.211. The van der Waals surface area contributed by atoms with Gasteiger partial charge >= 0.3 is 0 Å². The molecule has 6 aromatic rings. The van der Waals surface area contributed by atoms with Crippen molar-refractivity contribution < 1.29 is 0 Å². The Morgan fingerprint density at radius 1 is 0.913 bits per heavy atom. The Morgan fingerprint density at radius 2 is 1.76 bits per heavy atom. The summed E-state index contributed by atoms with van der Waals surface area (Å²) in [4.78, 5) is 29.6. The second kappa shape index (κ2) is 12.7. The monoisotopic (exact) mass is 607 g/mol. The quantitative estimate of drug-likeness (QED) is 0.230. The van der Waals surface area contributed by atoms with E-state index < -0.39 is 0 Å². The number of hydrogen-bond acceptors (Lipinski definition) is 10. The maximum atomic E-state index is 9.08. The van der Waals surface area contributed by atoms with Gasteiger partial charge in [-0.05, 0) is 79.4 Å². The smallest absolute Gasteiger partial charge is 0.234 e. The molecule has 0 amide bonds. The highest BCUT2D eigenvalue weighted by molar-refractivity contribution is 5.84. The zero-order valence-electron chi connectivity index (χ0n) is 25.5. The molecule has 5 aromatic heterocycles. The molecule has 11 heteroatoms. The van der Waals surface area contributed by atoms with E-state index in [4.69, 9.17) is 21.0 Å². The van der Waals surface area contributed by atoms with E-state index in [1.165, 1.54) is 5.56 Å². The molecule has 7 rings (SSSR count). The number of benzene rings is 1. The first kappa shape index (κ1) is 29.0. The molecule has 46 heavy (non-hydrogen) atoms. The first-order valence-electron chi connectivity index (χ1n) is 15.4. The maximum Gasteiger partial charge on any atom is 0.234 e. The van der Waals surface area contributed by atoms with E-state index in [0.29, 0.717) is 23.5 Å². The van der Waals surface area contributed by atoms with Gasteiger partial charge in [0.25, 0.3) is 0 Å². The normalized spacial score (nSPS) is 13.9. The summed E-state index contributed by atoms with van der Waals surface area (Å²) in [5, 5.41) is 12.5.